The highest BCUT2D eigenvalue weighted by molar-refractivity contribution is 9.10. The third kappa shape index (κ3) is 6.46. The summed E-state index contributed by atoms with van der Waals surface area (Å²) >= 11 is 3.32. The minimum absolute atomic E-state index is 0.0930. The fraction of sp³-hybridized carbons (Fsp3) is 0.500. The lowest BCUT2D eigenvalue weighted by atomic mass is 10.2. The Labute approximate surface area is 149 Å². The zero-order valence-corrected chi connectivity index (χ0v) is 15.3. The number of nitrogens with one attached hydrogen (secondary N) is 2. The highest BCUT2D eigenvalue weighted by atomic mass is 79.9. The average Bonchev–Trinajstić information content (AvgIpc) is 2.51. The summed E-state index contributed by atoms with van der Waals surface area (Å²) in [5.74, 6) is -0.112. The van der Waals surface area contributed by atoms with Gasteiger partial charge in [-0.25, -0.2) is 0 Å². The van der Waals surface area contributed by atoms with Crippen molar-refractivity contribution in [2.45, 2.75) is 26.1 Å². The van der Waals surface area contributed by atoms with Gasteiger partial charge in [0.1, 0.15) is 5.75 Å². The molecule has 0 spiro atoms. The molecule has 0 unspecified atom stereocenters. The Morgan fingerprint density at radius 3 is 2.38 bits per heavy atom. The van der Waals surface area contributed by atoms with Gasteiger partial charge in [-0.1, -0.05) is 15.9 Å². The zero-order valence-electron chi connectivity index (χ0n) is 13.8. The van der Waals surface area contributed by atoms with Crippen molar-refractivity contribution < 1.29 is 19.1 Å². The van der Waals surface area contributed by atoms with Gasteiger partial charge >= 0.3 is 0 Å². The molecule has 2 rings (SSSR count). The van der Waals surface area contributed by atoms with Gasteiger partial charge in [0, 0.05) is 17.6 Å². The van der Waals surface area contributed by atoms with E-state index in [0.717, 1.165) is 4.47 Å². The molecule has 1 aromatic carbocycles. The number of rotatable bonds is 5. The second-order valence-electron chi connectivity index (χ2n) is 5.79. The molecule has 0 bridgehead atoms. The molecule has 2 amide bonds. The van der Waals surface area contributed by atoms with Gasteiger partial charge in [0.15, 0.2) is 6.61 Å². The van der Waals surface area contributed by atoms with Gasteiger partial charge in [0.25, 0.3) is 11.8 Å². The minimum Gasteiger partial charge on any atom is -0.484 e. The Kier molecular flexibility index (Phi) is 7.01. The van der Waals surface area contributed by atoms with Crippen LogP contribution >= 0.6 is 15.9 Å². The van der Waals surface area contributed by atoms with Crippen molar-refractivity contribution in [3.8, 4) is 5.75 Å². The average molecular weight is 400 g/mol. The standard InChI is InChI=1S/C16H22BrN3O4/c1-11-7-20(8-12(2)24-11)9-15(21)18-19-16(22)10-23-14-5-3-13(17)4-6-14/h3-6,11-12H,7-10H2,1-2H3,(H,18,21)(H,19,22)/t11-,12+. The molecule has 1 aliphatic heterocycles. The monoisotopic (exact) mass is 399 g/mol. The number of hydrogen-bond acceptors (Lipinski definition) is 5. The van der Waals surface area contributed by atoms with Crippen LogP contribution in [0, 0.1) is 0 Å². The molecule has 1 aromatic rings. The van der Waals surface area contributed by atoms with Crippen LogP contribution in [0.4, 0.5) is 0 Å². The number of carbonyl (C=O) groups is 2. The van der Waals surface area contributed by atoms with E-state index in [0.29, 0.717) is 18.8 Å². The number of morpholine rings is 1. The number of ether oxygens (including phenoxy) is 2. The Hall–Kier alpha value is -1.64. The van der Waals surface area contributed by atoms with Crippen molar-refractivity contribution >= 4 is 27.7 Å². The summed E-state index contributed by atoms with van der Waals surface area (Å²) in [5, 5.41) is 0. The van der Waals surface area contributed by atoms with Crippen LogP contribution in [0.2, 0.25) is 0 Å². The molecule has 0 aliphatic carbocycles. The van der Waals surface area contributed by atoms with E-state index in [1.54, 1.807) is 12.1 Å². The highest BCUT2D eigenvalue weighted by Gasteiger charge is 2.23. The predicted octanol–water partition coefficient (Wildman–Crippen LogP) is 1.08. The van der Waals surface area contributed by atoms with E-state index in [-0.39, 0.29) is 31.3 Å². The maximum atomic E-state index is 11.9. The second kappa shape index (κ2) is 9.00. The van der Waals surface area contributed by atoms with Gasteiger partial charge in [0.05, 0.1) is 18.8 Å². The van der Waals surface area contributed by atoms with Crippen LogP contribution in [-0.2, 0) is 14.3 Å². The van der Waals surface area contributed by atoms with Crippen LogP contribution in [0.15, 0.2) is 28.7 Å². The largest absolute Gasteiger partial charge is 0.484 e. The van der Waals surface area contributed by atoms with E-state index in [1.165, 1.54) is 0 Å². The number of carbonyl (C=O) groups excluding carboxylic acids is 2. The molecule has 2 N–H and O–H groups in total. The number of benzene rings is 1. The van der Waals surface area contributed by atoms with Crippen molar-refractivity contribution in [3.63, 3.8) is 0 Å². The fourth-order valence-electron chi connectivity index (χ4n) is 2.51. The Bertz CT molecular complexity index is 557. The van der Waals surface area contributed by atoms with Crippen molar-refractivity contribution in [3.05, 3.63) is 28.7 Å². The van der Waals surface area contributed by atoms with E-state index in [2.05, 4.69) is 26.8 Å². The third-order valence-electron chi connectivity index (χ3n) is 3.39. The van der Waals surface area contributed by atoms with Crippen molar-refractivity contribution in [1.82, 2.24) is 15.8 Å². The summed E-state index contributed by atoms with van der Waals surface area (Å²) in [7, 11) is 0. The molecular formula is C16H22BrN3O4. The quantitative estimate of drug-likeness (QED) is 0.724. The van der Waals surface area contributed by atoms with E-state index in [9.17, 15) is 9.59 Å². The van der Waals surface area contributed by atoms with E-state index >= 15 is 0 Å². The summed E-state index contributed by atoms with van der Waals surface area (Å²) < 4.78 is 11.9. The van der Waals surface area contributed by atoms with Crippen LogP contribution < -0.4 is 15.6 Å². The van der Waals surface area contributed by atoms with Crippen LogP contribution in [0.25, 0.3) is 0 Å². The number of hydrazine groups is 1. The minimum atomic E-state index is -0.421. The third-order valence-corrected chi connectivity index (χ3v) is 3.92. The zero-order chi connectivity index (χ0) is 17.5. The van der Waals surface area contributed by atoms with Gasteiger partial charge in [-0.15, -0.1) is 0 Å². The van der Waals surface area contributed by atoms with E-state index in [1.807, 2.05) is 30.9 Å². The molecule has 0 aromatic heterocycles. The summed E-state index contributed by atoms with van der Waals surface area (Å²) in [6, 6.07) is 7.13. The molecule has 8 heteroatoms. The van der Waals surface area contributed by atoms with Crippen molar-refractivity contribution in [2.24, 2.45) is 0 Å². The first-order valence-electron chi connectivity index (χ1n) is 7.76. The van der Waals surface area contributed by atoms with Crippen molar-refractivity contribution in [1.29, 1.82) is 0 Å². The normalized spacial score (nSPS) is 21.1. The molecule has 132 valence electrons. The maximum absolute atomic E-state index is 11.9. The lowest BCUT2D eigenvalue weighted by molar-refractivity contribution is -0.132. The Morgan fingerprint density at radius 2 is 1.75 bits per heavy atom. The molecule has 1 heterocycles. The number of nitrogens with zero attached hydrogens (tertiary/aromatic N) is 1. The SMILES string of the molecule is C[C@@H]1CN(CC(=O)NNC(=O)COc2ccc(Br)cc2)C[C@H](C)O1. The molecule has 1 fully saturated rings. The predicted molar refractivity (Wildman–Crippen MR) is 92.4 cm³/mol. The molecule has 7 nitrogen and oxygen atoms in total. The van der Waals surface area contributed by atoms with E-state index < -0.39 is 5.91 Å². The lowest BCUT2D eigenvalue weighted by Gasteiger charge is -2.34. The number of halogens is 1. The first kappa shape index (κ1) is 18.7. The smallest absolute Gasteiger partial charge is 0.276 e. The first-order valence-corrected chi connectivity index (χ1v) is 8.55. The second-order valence-corrected chi connectivity index (χ2v) is 6.71. The van der Waals surface area contributed by atoms with Crippen LogP contribution in [0.1, 0.15) is 13.8 Å². The van der Waals surface area contributed by atoms with Crippen LogP contribution in [0.5, 0.6) is 5.75 Å². The van der Waals surface area contributed by atoms with Gasteiger partial charge in [0.2, 0.25) is 0 Å². The van der Waals surface area contributed by atoms with Gasteiger partial charge < -0.3 is 9.47 Å². The molecule has 24 heavy (non-hydrogen) atoms. The topological polar surface area (TPSA) is 79.9 Å². The van der Waals surface area contributed by atoms with E-state index in [4.69, 9.17) is 9.47 Å². The highest BCUT2D eigenvalue weighted by Crippen LogP contribution is 2.15. The number of hydrogen-bond donors (Lipinski definition) is 2. The Morgan fingerprint density at radius 1 is 1.17 bits per heavy atom. The fourth-order valence-corrected chi connectivity index (χ4v) is 2.78. The van der Waals surface area contributed by atoms with Gasteiger partial charge in [-0.2, -0.15) is 0 Å². The summed E-state index contributed by atoms with van der Waals surface area (Å²) in [5.41, 5.74) is 4.74. The molecule has 0 radical (unpaired) electrons. The van der Waals surface area contributed by atoms with Gasteiger partial charge in [-0.05, 0) is 38.1 Å². The molecule has 1 aliphatic rings. The molecule has 2 atom stereocenters. The number of amides is 2. The molecule has 1 saturated heterocycles. The van der Waals surface area contributed by atoms with Crippen molar-refractivity contribution in [2.75, 3.05) is 26.2 Å². The Balaban J connectivity index is 1.65. The van der Waals surface area contributed by atoms with Crippen LogP contribution in [0.3, 0.4) is 0 Å². The van der Waals surface area contributed by atoms with Gasteiger partial charge in [-0.3, -0.25) is 25.3 Å². The lowest BCUT2D eigenvalue weighted by Crippen LogP contribution is -2.52. The maximum Gasteiger partial charge on any atom is 0.276 e. The first-order chi connectivity index (χ1) is 11.4. The molecule has 0 saturated carbocycles. The molecular weight excluding hydrogens is 378 g/mol. The summed E-state index contributed by atoms with van der Waals surface area (Å²) in [6.07, 6.45) is 0.186. The van der Waals surface area contributed by atoms with Crippen LogP contribution in [-0.4, -0.2) is 55.2 Å². The summed E-state index contributed by atoms with van der Waals surface area (Å²) in [4.78, 5) is 25.6. The summed E-state index contributed by atoms with van der Waals surface area (Å²) in [6.45, 7) is 5.37.